The fourth-order valence-corrected chi connectivity index (χ4v) is 4.65. The summed E-state index contributed by atoms with van der Waals surface area (Å²) in [6.07, 6.45) is 1.17. The van der Waals surface area contributed by atoms with Crippen molar-refractivity contribution in [3.63, 3.8) is 0 Å². The van der Waals surface area contributed by atoms with E-state index in [0.29, 0.717) is 17.1 Å². The minimum absolute atomic E-state index is 0.0891. The predicted octanol–water partition coefficient (Wildman–Crippen LogP) is 2.04. The van der Waals surface area contributed by atoms with Crippen LogP contribution >= 0.6 is 0 Å². The highest BCUT2D eigenvalue weighted by Gasteiger charge is 2.44. The molecule has 0 N–H and O–H groups in total. The van der Waals surface area contributed by atoms with E-state index in [-0.39, 0.29) is 11.7 Å². The number of hydrogen-bond donors (Lipinski definition) is 0. The van der Waals surface area contributed by atoms with Crippen LogP contribution in [0.3, 0.4) is 0 Å². The van der Waals surface area contributed by atoms with Crippen molar-refractivity contribution in [2.45, 2.75) is 23.9 Å². The molecule has 2 aliphatic rings. The van der Waals surface area contributed by atoms with Crippen LogP contribution < -0.4 is 9.47 Å². The summed E-state index contributed by atoms with van der Waals surface area (Å²) in [5.74, 6) is 0.423. The maximum atomic E-state index is 13.2. The highest BCUT2D eigenvalue weighted by Crippen LogP contribution is 2.40. The van der Waals surface area contributed by atoms with E-state index in [1.54, 1.807) is 30.3 Å². The second-order valence-electron chi connectivity index (χ2n) is 6.44. The number of aryl methyl sites for hydroxylation is 1. The maximum absolute atomic E-state index is 13.2. The molecule has 2 aliphatic heterocycles. The molecule has 0 saturated carbocycles. The topological polar surface area (TPSA) is 94.5 Å². The van der Waals surface area contributed by atoms with Crippen LogP contribution in [0.5, 0.6) is 11.5 Å². The molecule has 0 fully saturated rings. The Morgan fingerprint density at radius 3 is 2.57 bits per heavy atom. The lowest BCUT2D eigenvalue weighted by atomic mass is 10.0. The van der Waals surface area contributed by atoms with Gasteiger partial charge in [0.2, 0.25) is 6.79 Å². The Labute approximate surface area is 162 Å². The summed E-state index contributed by atoms with van der Waals surface area (Å²) in [7, 11) is -2.70. The lowest BCUT2D eigenvalue weighted by molar-refractivity contribution is -0.142. The molecule has 0 bridgehead atoms. The second-order valence-corrected chi connectivity index (χ2v) is 8.28. The first-order chi connectivity index (χ1) is 13.4. The first-order valence-electron chi connectivity index (χ1n) is 8.53. The van der Waals surface area contributed by atoms with Crippen molar-refractivity contribution in [2.75, 3.05) is 13.9 Å². The van der Waals surface area contributed by atoms with Crippen LogP contribution in [-0.4, -0.2) is 45.0 Å². The van der Waals surface area contributed by atoms with Crippen LogP contribution in [0.2, 0.25) is 0 Å². The van der Waals surface area contributed by atoms with Crippen molar-refractivity contribution in [3.05, 3.63) is 53.6 Å². The SMILES string of the molecule is COC(=O)[C@H]1N=CN(S(=O)(=O)c2ccc(C)cc2)[C@H]1c1ccc2c(c1)OCO2. The average molecular weight is 402 g/mol. The largest absolute Gasteiger partial charge is 0.467 e. The van der Waals surface area contributed by atoms with Crippen molar-refractivity contribution in [3.8, 4) is 11.5 Å². The van der Waals surface area contributed by atoms with Gasteiger partial charge in [0, 0.05) is 0 Å². The third kappa shape index (κ3) is 2.97. The van der Waals surface area contributed by atoms with Crippen molar-refractivity contribution >= 4 is 22.3 Å². The van der Waals surface area contributed by atoms with Crippen LogP contribution in [0.1, 0.15) is 17.2 Å². The summed E-state index contributed by atoms with van der Waals surface area (Å²) in [4.78, 5) is 16.5. The quantitative estimate of drug-likeness (QED) is 0.727. The summed E-state index contributed by atoms with van der Waals surface area (Å²) >= 11 is 0. The van der Waals surface area contributed by atoms with E-state index in [0.717, 1.165) is 9.87 Å². The zero-order valence-corrected chi connectivity index (χ0v) is 16.0. The average Bonchev–Trinajstić information content (AvgIpc) is 3.34. The fraction of sp³-hybridized carbons (Fsp3) is 0.263. The number of methoxy groups -OCH3 is 1. The van der Waals surface area contributed by atoms with Crippen LogP contribution in [-0.2, 0) is 19.6 Å². The standard InChI is InChI=1S/C19H18N2O6S/c1-12-3-6-14(7-4-12)28(23,24)21-10-20-17(19(22)25-2)18(21)13-5-8-15-16(9-13)27-11-26-15/h3-10,17-18H,11H2,1-2H3/t17-,18-/m0/s1. The Bertz CT molecular complexity index is 1050. The van der Waals surface area contributed by atoms with Crippen molar-refractivity contribution in [1.29, 1.82) is 0 Å². The van der Waals surface area contributed by atoms with Crippen LogP contribution in [0.15, 0.2) is 52.4 Å². The first-order valence-corrected chi connectivity index (χ1v) is 9.97. The second kappa shape index (κ2) is 6.83. The van der Waals surface area contributed by atoms with Gasteiger partial charge < -0.3 is 14.2 Å². The molecule has 0 spiro atoms. The third-order valence-corrected chi connectivity index (χ3v) is 6.44. The maximum Gasteiger partial charge on any atom is 0.333 e. The van der Waals surface area contributed by atoms with Gasteiger partial charge in [0.15, 0.2) is 17.5 Å². The van der Waals surface area contributed by atoms with Gasteiger partial charge in [0.1, 0.15) is 12.4 Å². The highest BCUT2D eigenvalue weighted by molar-refractivity contribution is 7.89. The summed E-state index contributed by atoms with van der Waals surface area (Å²) in [6, 6.07) is 9.61. The zero-order valence-electron chi connectivity index (χ0n) is 15.2. The third-order valence-electron chi connectivity index (χ3n) is 4.69. The summed E-state index contributed by atoms with van der Waals surface area (Å²) in [6.45, 7) is 1.96. The molecule has 0 radical (unpaired) electrons. The van der Waals surface area contributed by atoms with E-state index in [1.807, 2.05) is 6.92 Å². The molecule has 2 aromatic rings. The van der Waals surface area contributed by atoms with Gasteiger partial charge in [-0.3, -0.25) is 4.99 Å². The lowest BCUT2D eigenvalue weighted by Crippen LogP contribution is -2.37. The Morgan fingerprint density at radius 1 is 1.14 bits per heavy atom. The number of nitrogens with zero attached hydrogens (tertiary/aromatic N) is 2. The number of aliphatic imine (C=N–C) groups is 1. The number of esters is 1. The van der Waals surface area contributed by atoms with Gasteiger partial charge in [-0.2, -0.15) is 0 Å². The summed E-state index contributed by atoms with van der Waals surface area (Å²) in [5.41, 5.74) is 1.49. The lowest BCUT2D eigenvalue weighted by Gasteiger charge is -2.27. The number of ether oxygens (including phenoxy) is 3. The molecule has 0 aliphatic carbocycles. The molecule has 28 heavy (non-hydrogen) atoms. The molecule has 4 rings (SSSR count). The molecule has 0 aromatic heterocycles. The van der Waals surface area contributed by atoms with Crippen molar-refractivity contribution in [1.82, 2.24) is 4.31 Å². The number of benzene rings is 2. The zero-order chi connectivity index (χ0) is 19.9. The number of fused-ring (bicyclic) bond motifs is 1. The normalized spacial score (nSPS) is 20.4. The van der Waals surface area contributed by atoms with Gasteiger partial charge in [-0.25, -0.2) is 17.5 Å². The van der Waals surface area contributed by atoms with E-state index in [9.17, 15) is 13.2 Å². The van der Waals surface area contributed by atoms with E-state index in [2.05, 4.69) is 4.99 Å². The Hall–Kier alpha value is -3.07. The molecule has 0 saturated heterocycles. The minimum atomic E-state index is -3.94. The molecule has 2 atom stereocenters. The van der Waals surface area contributed by atoms with E-state index in [4.69, 9.17) is 14.2 Å². The molecular weight excluding hydrogens is 384 g/mol. The Balaban J connectivity index is 1.78. The first kappa shape index (κ1) is 18.3. The van der Waals surface area contributed by atoms with Crippen molar-refractivity contribution in [2.24, 2.45) is 4.99 Å². The summed E-state index contributed by atoms with van der Waals surface area (Å²) < 4.78 is 43.1. The predicted molar refractivity (Wildman–Crippen MR) is 99.8 cm³/mol. The molecule has 2 heterocycles. The van der Waals surface area contributed by atoms with Crippen LogP contribution in [0.25, 0.3) is 0 Å². The molecule has 146 valence electrons. The number of carbonyl (C=O) groups is 1. The Morgan fingerprint density at radius 2 is 1.86 bits per heavy atom. The fourth-order valence-electron chi connectivity index (χ4n) is 3.21. The smallest absolute Gasteiger partial charge is 0.333 e. The highest BCUT2D eigenvalue weighted by atomic mass is 32.2. The molecule has 2 aromatic carbocycles. The number of rotatable bonds is 4. The van der Waals surface area contributed by atoms with Gasteiger partial charge in [-0.05, 0) is 36.8 Å². The number of sulfonamides is 1. The molecule has 0 unspecified atom stereocenters. The Kier molecular flexibility index (Phi) is 4.46. The van der Waals surface area contributed by atoms with Gasteiger partial charge in [-0.15, -0.1) is 0 Å². The van der Waals surface area contributed by atoms with E-state index < -0.39 is 28.1 Å². The molecular formula is C19H18N2O6S. The molecule has 9 heteroatoms. The van der Waals surface area contributed by atoms with Crippen molar-refractivity contribution < 1.29 is 27.4 Å². The van der Waals surface area contributed by atoms with E-state index in [1.165, 1.54) is 25.6 Å². The van der Waals surface area contributed by atoms with Gasteiger partial charge >= 0.3 is 5.97 Å². The van der Waals surface area contributed by atoms with E-state index >= 15 is 0 Å². The molecule has 8 nitrogen and oxygen atoms in total. The number of hydrogen-bond acceptors (Lipinski definition) is 7. The summed E-state index contributed by atoms with van der Waals surface area (Å²) in [5, 5.41) is 0. The molecule has 0 amide bonds. The monoisotopic (exact) mass is 402 g/mol. The minimum Gasteiger partial charge on any atom is -0.467 e. The van der Waals surface area contributed by atoms with Gasteiger partial charge in [-0.1, -0.05) is 23.8 Å². The van der Waals surface area contributed by atoms with Crippen LogP contribution in [0, 0.1) is 6.92 Å². The van der Waals surface area contributed by atoms with Gasteiger partial charge in [0.05, 0.1) is 12.0 Å². The van der Waals surface area contributed by atoms with Crippen LogP contribution in [0.4, 0.5) is 0 Å². The van der Waals surface area contributed by atoms with Gasteiger partial charge in [0.25, 0.3) is 10.0 Å². The number of carbonyl (C=O) groups excluding carboxylic acids is 1.